The molecule has 0 heterocycles. The number of halogens is 1. The van der Waals surface area contributed by atoms with Gasteiger partial charge in [0, 0.05) is 17.5 Å². The van der Waals surface area contributed by atoms with Crippen molar-refractivity contribution in [2.24, 2.45) is 0 Å². The standard InChI is InChI=1S/C16H14ClNO/c1-12-7-9-14(10-8-12)18-11-15(17)16(19)13-5-3-2-4-6-13/h2-11,18H,1H3/b15-11-. The average Bonchev–Trinajstić information content (AvgIpc) is 2.46. The van der Waals surface area contributed by atoms with Crippen molar-refractivity contribution in [3.8, 4) is 0 Å². The molecular weight excluding hydrogens is 258 g/mol. The molecule has 2 rings (SSSR count). The fraction of sp³-hybridized carbons (Fsp3) is 0.0625. The van der Waals surface area contributed by atoms with E-state index in [0.29, 0.717) is 5.56 Å². The quantitative estimate of drug-likeness (QED) is 0.661. The summed E-state index contributed by atoms with van der Waals surface area (Å²) >= 11 is 6.00. The lowest BCUT2D eigenvalue weighted by Gasteiger charge is -2.03. The Morgan fingerprint density at radius 3 is 2.32 bits per heavy atom. The summed E-state index contributed by atoms with van der Waals surface area (Å²) in [5.74, 6) is -0.193. The van der Waals surface area contributed by atoms with Gasteiger partial charge in [0.15, 0.2) is 0 Å². The Morgan fingerprint density at radius 2 is 1.68 bits per heavy atom. The molecule has 0 atom stereocenters. The van der Waals surface area contributed by atoms with E-state index < -0.39 is 0 Å². The molecule has 0 radical (unpaired) electrons. The Balaban J connectivity index is 2.07. The van der Waals surface area contributed by atoms with E-state index in [-0.39, 0.29) is 10.8 Å². The highest BCUT2D eigenvalue weighted by Gasteiger charge is 2.08. The number of carbonyl (C=O) groups is 1. The van der Waals surface area contributed by atoms with Crippen LogP contribution >= 0.6 is 11.6 Å². The summed E-state index contributed by atoms with van der Waals surface area (Å²) in [5, 5.41) is 3.17. The monoisotopic (exact) mass is 271 g/mol. The van der Waals surface area contributed by atoms with Crippen LogP contribution in [0, 0.1) is 6.92 Å². The van der Waals surface area contributed by atoms with Crippen molar-refractivity contribution in [1.82, 2.24) is 0 Å². The number of anilines is 1. The van der Waals surface area contributed by atoms with Crippen molar-refractivity contribution in [3.05, 3.63) is 77.0 Å². The number of rotatable bonds is 4. The average molecular weight is 272 g/mol. The minimum absolute atomic E-state index is 0.159. The van der Waals surface area contributed by atoms with E-state index in [1.165, 1.54) is 11.8 Å². The lowest BCUT2D eigenvalue weighted by molar-refractivity contribution is 0.104. The predicted octanol–water partition coefficient (Wildman–Crippen LogP) is 4.37. The summed E-state index contributed by atoms with van der Waals surface area (Å²) in [4.78, 5) is 12.0. The second-order valence-corrected chi connectivity index (χ2v) is 4.60. The molecule has 19 heavy (non-hydrogen) atoms. The van der Waals surface area contributed by atoms with Gasteiger partial charge in [0.2, 0.25) is 5.78 Å². The molecule has 0 aliphatic carbocycles. The number of benzene rings is 2. The van der Waals surface area contributed by atoms with Crippen LogP contribution in [0.3, 0.4) is 0 Å². The molecule has 0 saturated carbocycles. The van der Waals surface area contributed by atoms with Gasteiger partial charge in [-0.05, 0) is 19.1 Å². The number of carbonyl (C=O) groups excluding carboxylic acids is 1. The first-order chi connectivity index (χ1) is 9.16. The third-order valence-corrected chi connectivity index (χ3v) is 2.95. The van der Waals surface area contributed by atoms with Crippen LogP contribution in [0.2, 0.25) is 0 Å². The smallest absolute Gasteiger partial charge is 0.205 e. The summed E-state index contributed by atoms with van der Waals surface area (Å²) in [6, 6.07) is 16.8. The van der Waals surface area contributed by atoms with Crippen LogP contribution in [-0.2, 0) is 0 Å². The summed E-state index contributed by atoms with van der Waals surface area (Å²) in [7, 11) is 0. The summed E-state index contributed by atoms with van der Waals surface area (Å²) in [6.07, 6.45) is 1.52. The van der Waals surface area contributed by atoms with Gasteiger partial charge >= 0.3 is 0 Å². The lowest BCUT2D eigenvalue weighted by atomic mass is 10.1. The maximum Gasteiger partial charge on any atom is 0.205 e. The maximum atomic E-state index is 12.0. The van der Waals surface area contributed by atoms with Crippen LogP contribution in [0.5, 0.6) is 0 Å². The molecule has 2 aromatic rings. The van der Waals surface area contributed by atoms with Crippen LogP contribution in [0.1, 0.15) is 15.9 Å². The molecular formula is C16H14ClNO. The SMILES string of the molecule is Cc1ccc(N/C=C(\Cl)C(=O)c2ccccc2)cc1. The largest absolute Gasteiger partial charge is 0.360 e. The van der Waals surface area contributed by atoms with Gasteiger partial charge in [0.1, 0.15) is 5.03 Å². The molecule has 2 aromatic carbocycles. The van der Waals surface area contributed by atoms with Gasteiger partial charge in [-0.25, -0.2) is 0 Å². The summed E-state index contributed by atoms with van der Waals surface area (Å²) in [5.41, 5.74) is 2.65. The molecule has 3 heteroatoms. The minimum atomic E-state index is -0.193. The zero-order valence-electron chi connectivity index (χ0n) is 10.6. The first-order valence-electron chi connectivity index (χ1n) is 5.95. The Bertz CT molecular complexity index is 588. The zero-order valence-corrected chi connectivity index (χ0v) is 11.3. The molecule has 0 saturated heterocycles. The molecule has 1 N–H and O–H groups in total. The Morgan fingerprint density at radius 1 is 1.05 bits per heavy atom. The number of hydrogen-bond donors (Lipinski definition) is 1. The number of nitrogens with one attached hydrogen (secondary N) is 1. The summed E-state index contributed by atoms with van der Waals surface area (Å²) in [6.45, 7) is 2.02. The van der Waals surface area contributed by atoms with Gasteiger partial charge in [-0.15, -0.1) is 0 Å². The molecule has 0 aliphatic heterocycles. The van der Waals surface area contributed by atoms with Crippen molar-refractivity contribution in [2.45, 2.75) is 6.92 Å². The van der Waals surface area contributed by atoms with Gasteiger partial charge in [-0.1, -0.05) is 59.6 Å². The van der Waals surface area contributed by atoms with Crippen molar-refractivity contribution in [1.29, 1.82) is 0 Å². The molecule has 0 aliphatic rings. The summed E-state index contributed by atoms with van der Waals surface area (Å²) < 4.78 is 0. The number of Topliss-reactive ketones (excluding diaryl/α,β-unsaturated/α-hetero) is 1. The number of aryl methyl sites for hydroxylation is 1. The van der Waals surface area contributed by atoms with Crippen LogP contribution in [0.4, 0.5) is 5.69 Å². The highest BCUT2D eigenvalue weighted by atomic mass is 35.5. The van der Waals surface area contributed by atoms with E-state index in [1.807, 2.05) is 49.4 Å². The van der Waals surface area contributed by atoms with E-state index in [1.54, 1.807) is 12.1 Å². The Labute approximate surface area is 117 Å². The van der Waals surface area contributed by atoms with Crippen molar-refractivity contribution in [2.75, 3.05) is 5.32 Å². The fourth-order valence-electron chi connectivity index (χ4n) is 1.59. The fourth-order valence-corrected chi connectivity index (χ4v) is 1.75. The third kappa shape index (κ3) is 3.70. The van der Waals surface area contributed by atoms with Crippen molar-refractivity contribution >= 4 is 23.1 Å². The van der Waals surface area contributed by atoms with Gasteiger partial charge in [0.25, 0.3) is 0 Å². The second kappa shape index (κ2) is 6.21. The van der Waals surface area contributed by atoms with Crippen molar-refractivity contribution in [3.63, 3.8) is 0 Å². The third-order valence-electron chi connectivity index (χ3n) is 2.67. The van der Waals surface area contributed by atoms with Gasteiger partial charge in [-0.3, -0.25) is 4.79 Å². The first-order valence-corrected chi connectivity index (χ1v) is 6.33. The lowest BCUT2D eigenvalue weighted by Crippen LogP contribution is -2.01. The molecule has 0 bridgehead atoms. The molecule has 0 fully saturated rings. The molecule has 96 valence electrons. The number of ketones is 1. The first kappa shape index (κ1) is 13.4. The van der Waals surface area contributed by atoms with E-state index in [4.69, 9.17) is 11.6 Å². The maximum absolute atomic E-state index is 12.0. The Hall–Kier alpha value is -2.06. The number of hydrogen-bond acceptors (Lipinski definition) is 2. The molecule has 0 amide bonds. The van der Waals surface area contributed by atoms with Gasteiger partial charge < -0.3 is 5.32 Å². The predicted molar refractivity (Wildman–Crippen MR) is 79.5 cm³/mol. The van der Waals surface area contributed by atoms with E-state index >= 15 is 0 Å². The second-order valence-electron chi connectivity index (χ2n) is 4.20. The van der Waals surface area contributed by atoms with Crippen LogP contribution in [0.15, 0.2) is 65.8 Å². The topological polar surface area (TPSA) is 29.1 Å². The Kier molecular flexibility index (Phi) is 4.37. The highest BCUT2D eigenvalue weighted by molar-refractivity contribution is 6.45. The van der Waals surface area contributed by atoms with E-state index in [2.05, 4.69) is 5.32 Å². The molecule has 0 unspecified atom stereocenters. The van der Waals surface area contributed by atoms with E-state index in [0.717, 1.165) is 5.69 Å². The van der Waals surface area contributed by atoms with E-state index in [9.17, 15) is 4.79 Å². The van der Waals surface area contributed by atoms with Crippen molar-refractivity contribution < 1.29 is 4.79 Å². The number of allylic oxidation sites excluding steroid dienone is 1. The molecule has 0 spiro atoms. The molecule has 2 nitrogen and oxygen atoms in total. The van der Waals surface area contributed by atoms with Gasteiger partial charge in [0.05, 0.1) is 0 Å². The normalized spacial score (nSPS) is 11.2. The highest BCUT2D eigenvalue weighted by Crippen LogP contribution is 2.14. The zero-order chi connectivity index (χ0) is 13.7. The minimum Gasteiger partial charge on any atom is -0.360 e. The van der Waals surface area contributed by atoms with Crippen LogP contribution < -0.4 is 5.32 Å². The van der Waals surface area contributed by atoms with Crippen LogP contribution in [-0.4, -0.2) is 5.78 Å². The van der Waals surface area contributed by atoms with Gasteiger partial charge in [-0.2, -0.15) is 0 Å². The molecule has 0 aromatic heterocycles. The van der Waals surface area contributed by atoms with Crippen LogP contribution in [0.25, 0.3) is 0 Å².